The summed E-state index contributed by atoms with van der Waals surface area (Å²) >= 11 is 0.162. The van der Waals surface area contributed by atoms with Gasteiger partial charge in [-0.25, -0.2) is 0 Å². The van der Waals surface area contributed by atoms with Crippen LogP contribution < -0.4 is 0 Å². The first-order valence-electron chi connectivity index (χ1n) is 3.22. The lowest BCUT2D eigenvalue weighted by Gasteiger charge is -1.98. The maximum atomic E-state index is 3.93. The number of hydrogen-bond acceptors (Lipinski definition) is 0. The third-order valence-electron chi connectivity index (χ3n) is 1.50. The van der Waals surface area contributed by atoms with Gasteiger partial charge in [-0.15, -0.1) is 20.7 Å². The second-order valence-electron chi connectivity index (χ2n) is 2.25. The predicted octanol–water partition coefficient (Wildman–Crippen LogP) is 2.90. The van der Waals surface area contributed by atoms with Gasteiger partial charge in [0, 0.05) is 4.43 Å². The summed E-state index contributed by atoms with van der Waals surface area (Å²) in [4.78, 5) is 0. The van der Waals surface area contributed by atoms with E-state index in [2.05, 4.69) is 35.7 Å². The van der Waals surface area contributed by atoms with Crippen molar-refractivity contribution >= 4 is 25.2 Å². The van der Waals surface area contributed by atoms with E-state index in [4.69, 9.17) is 0 Å². The number of alkyl halides is 1. The zero-order chi connectivity index (χ0) is 7.40. The Balaban J connectivity index is 2.91. The van der Waals surface area contributed by atoms with Gasteiger partial charge in [0.25, 0.3) is 0 Å². The van der Waals surface area contributed by atoms with Crippen molar-refractivity contribution in [3.63, 3.8) is 0 Å². The number of rotatable bonds is 2. The normalized spacial score (nSPS) is 9.70. The molecule has 0 amide bonds. The molecule has 0 heterocycles. The fourth-order valence-electron chi connectivity index (χ4n) is 0.862. The highest BCUT2D eigenvalue weighted by Crippen LogP contribution is 2.12. The van der Waals surface area contributed by atoms with Crippen molar-refractivity contribution in [1.82, 2.24) is 0 Å². The average Bonchev–Trinajstić information content (AvgIpc) is 1.94. The zero-order valence-electron chi connectivity index (χ0n) is 6.10. The van der Waals surface area contributed by atoms with Crippen molar-refractivity contribution in [2.75, 3.05) is 0 Å². The third kappa shape index (κ3) is 1.90. The fraction of sp³-hybridized carbons (Fsp3) is 0.222. The van der Waals surface area contributed by atoms with E-state index in [1.165, 1.54) is 15.6 Å². The van der Waals surface area contributed by atoms with Crippen LogP contribution in [0.4, 0.5) is 0 Å². The molecule has 1 heteroatoms. The lowest BCUT2D eigenvalue weighted by molar-refractivity contribution is 1.33. The fourth-order valence-corrected chi connectivity index (χ4v) is 2.30. The largest absolute Gasteiger partial charge is 0.126 e. The smallest absolute Gasteiger partial charge is 0.0196 e. The van der Waals surface area contributed by atoms with Crippen LogP contribution in [0.5, 0.6) is 0 Å². The van der Waals surface area contributed by atoms with E-state index < -0.39 is 0 Å². The monoisotopic (exact) mass is 246 g/mol. The van der Waals surface area contributed by atoms with E-state index in [1.54, 1.807) is 0 Å². The van der Waals surface area contributed by atoms with Gasteiger partial charge >= 0.3 is 0 Å². The Labute approximate surface area is 72.0 Å². The van der Waals surface area contributed by atoms with Gasteiger partial charge in [-0.05, 0) is 18.1 Å². The molecule has 0 atom stereocenters. The van der Waals surface area contributed by atoms with Crippen molar-refractivity contribution in [3.8, 4) is 0 Å². The second-order valence-corrected chi connectivity index (χ2v) is 4.09. The summed E-state index contributed by atoms with van der Waals surface area (Å²) in [6, 6.07) is 8.54. The summed E-state index contributed by atoms with van der Waals surface area (Å²) in [5, 5.41) is 0. The van der Waals surface area contributed by atoms with Gasteiger partial charge < -0.3 is 0 Å². The molecule has 1 aromatic rings. The molecule has 10 heavy (non-hydrogen) atoms. The second kappa shape index (κ2) is 3.86. The van der Waals surface area contributed by atoms with Crippen LogP contribution in [-0.2, 0) is 4.43 Å². The van der Waals surface area contributed by atoms with Gasteiger partial charge in [-0.1, -0.05) is 28.8 Å². The summed E-state index contributed by atoms with van der Waals surface area (Å²) in [7, 11) is 0. The highest BCUT2D eigenvalue weighted by Gasteiger charge is 1.91. The summed E-state index contributed by atoms with van der Waals surface area (Å²) in [5.74, 6) is 0. The third-order valence-corrected chi connectivity index (χ3v) is 2.86. The van der Waals surface area contributed by atoms with E-state index in [0.29, 0.717) is 0 Å². The van der Waals surface area contributed by atoms with Crippen LogP contribution in [-0.4, -0.2) is 4.51 Å². The van der Waals surface area contributed by atoms with Gasteiger partial charge in [0.05, 0.1) is 0 Å². The summed E-state index contributed by atoms with van der Waals surface area (Å²) in [5.41, 5.74) is 2.89. The predicted molar refractivity (Wildman–Crippen MR) is 56.0 cm³/mol. The van der Waals surface area contributed by atoms with E-state index in [1.807, 2.05) is 0 Å². The van der Waals surface area contributed by atoms with E-state index >= 15 is 0 Å². The van der Waals surface area contributed by atoms with Crippen LogP contribution in [0.2, 0.25) is 0 Å². The SMILES string of the molecule is C=ICc1ccccc1C. The Morgan fingerprint density at radius 1 is 1.40 bits per heavy atom. The molecule has 1 aromatic carbocycles. The molecular weight excluding hydrogens is 235 g/mol. The molecule has 0 spiro atoms. The van der Waals surface area contributed by atoms with Crippen LogP contribution >= 0.6 is 20.7 Å². The molecule has 0 aliphatic carbocycles. The first-order chi connectivity index (χ1) is 4.84. The number of hydrogen-bond donors (Lipinski definition) is 0. The van der Waals surface area contributed by atoms with Crippen molar-refractivity contribution in [2.45, 2.75) is 11.4 Å². The van der Waals surface area contributed by atoms with Crippen LogP contribution in [0.25, 0.3) is 0 Å². The minimum absolute atomic E-state index is 0.162. The number of halogens is 1. The van der Waals surface area contributed by atoms with E-state index in [0.717, 1.165) is 0 Å². The van der Waals surface area contributed by atoms with Gasteiger partial charge in [0.15, 0.2) is 0 Å². The van der Waals surface area contributed by atoms with Crippen LogP contribution in [0.1, 0.15) is 11.1 Å². The summed E-state index contributed by atoms with van der Waals surface area (Å²) in [6.45, 7) is 2.16. The Morgan fingerprint density at radius 3 is 2.70 bits per heavy atom. The lowest BCUT2D eigenvalue weighted by Crippen LogP contribution is -1.81. The van der Waals surface area contributed by atoms with Gasteiger partial charge in [-0.3, -0.25) is 0 Å². The molecule has 54 valence electrons. The molecule has 0 nitrogen and oxygen atoms in total. The highest BCUT2D eigenvalue weighted by molar-refractivity contribution is 14.2. The van der Waals surface area contributed by atoms with Crippen LogP contribution in [0, 0.1) is 6.92 Å². The van der Waals surface area contributed by atoms with Crippen LogP contribution in [0.3, 0.4) is 0 Å². The molecule has 0 unspecified atom stereocenters. The Hall–Kier alpha value is -0.180. The maximum absolute atomic E-state index is 3.93. The highest BCUT2D eigenvalue weighted by atomic mass is 127. The van der Waals surface area contributed by atoms with Crippen molar-refractivity contribution in [2.24, 2.45) is 0 Å². The lowest BCUT2D eigenvalue weighted by atomic mass is 10.1. The first-order valence-corrected chi connectivity index (χ1v) is 6.27. The molecule has 0 aliphatic heterocycles. The Bertz CT molecular complexity index is 228. The summed E-state index contributed by atoms with van der Waals surface area (Å²) in [6.07, 6.45) is 0. The minimum atomic E-state index is 0.162. The molecule has 0 fully saturated rings. The summed E-state index contributed by atoms with van der Waals surface area (Å²) < 4.78 is 5.15. The van der Waals surface area contributed by atoms with Gasteiger partial charge in [0.1, 0.15) is 0 Å². The Morgan fingerprint density at radius 2 is 2.10 bits per heavy atom. The molecule has 0 bridgehead atoms. The van der Waals surface area contributed by atoms with Crippen molar-refractivity contribution in [1.29, 1.82) is 0 Å². The van der Waals surface area contributed by atoms with Gasteiger partial charge in [-0.2, -0.15) is 0 Å². The van der Waals surface area contributed by atoms with Gasteiger partial charge in [0.2, 0.25) is 0 Å². The molecule has 0 saturated heterocycles. The molecule has 0 radical (unpaired) electrons. The minimum Gasteiger partial charge on any atom is -0.126 e. The first kappa shape index (κ1) is 7.92. The molecule has 0 aliphatic rings. The maximum Gasteiger partial charge on any atom is 0.0196 e. The zero-order valence-corrected chi connectivity index (χ0v) is 8.26. The molecule has 0 N–H and O–H groups in total. The molecular formula is C9H11I. The molecule has 1 rings (SSSR count). The van der Waals surface area contributed by atoms with Crippen molar-refractivity contribution in [3.05, 3.63) is 35.4 Å². The number of aryl methyl sites for hydroxylation is 1. The average molecular weight is 246 g/mol. The number of benzene rings is 1. The van der Waals surface area contributed by atoms with Crippen LogP contribution in [0.15, 0.2) is 24.3 Å². The van der Waals surface area contributed by atoms with E-state index in [-0.39, 0.29) is 20.7 Å². The van der Waals surface area contributed by atoms with E-state index in [9.17, 15) is 0 Å². The molecule has 0 saturated carbocycles. The topological polar surface area (TPSA) is 0 Å². The molecule has 0 aromatic heterocycles. The van der Waals surface area contributed by atoms with Crippen molar-refractivity contribution < 1.29 is 0 Å². The standard InChI is InChI=1S/C9H11I/c1-8-5-3-4-6-9(8)7-10-2/h3-6H,2,7H2,1H3. The quantitative estimate of drug-likeness (QED) is 0.556. The Kier molecular flexibility index (Phi) is 3.06.